The van der Waals surface area contributed by atoms with Crippen molar-refractivity contribution in [1.82, 2.24) is 9.97 Å². The number of aliphatic hydroxyl groups is 1. The van der Waals surface area contributed by atoms with Crippen LogP contribution in [0.2, 0.25) is 0 Å². The van der Waals surface area contributed by atoms with Crippen molar-refractivity contribution in [3.05, 3.63) is 33.7 Å². The predicted molar refractivity (Wildman–Crippen MR) is 77.5 cm³/mol. The number of rotatable bonds is 4. The number of hydrogen-bond donors (Lipinski definition) is 2. The van der Waals surface area contributed by atoms with Crippen LogP contribution in [0.25, 0.3) is 0 Å². The average Bonchev–Trinajstić information content (AvgIpc) is 2.66. The van der Waals surface area contributed by atoms with E-state index in [1.807, 2.05) is 19.4 Å². The molecule has 2 heterocycles. The minimum Gasteiger partial charge on any atom is 0 e. The van der Waals surface area contributed by atoms with Gasteiger partial charge in [0.2, 0.25) is 5.51 Å². The van der Waals surface area contributed by atoms with Crippen LogP contribution < -0.4 is 10.3 Å². The Kier molecular flexibility index (Phi) is 10.0. The molecule has 8 heteroatoms. The molecule has 0 radical (unpaired) electrons. The molecule has 0 atom stereocenters. The van der Waals surface area contributed by atoms with Gasteiger partial charge in [-0.3, -0.25) is 0 Å². The van der Waals surface area contributed by atoms with Crippen molar-refractivity contribution in [3.8, 4) is 0 Å². The second kappa shape index (κ2) is 9.69. The van der Waals surface area contributed by atoms with Crippen molar-refractivity contribution in [2.45, 2.75) is 26.8 Å². The summed E-state index contributed by atoms with van der Waals surface area (Å²) >= 11 is 1.65. The first-order valence-electron chi connectivity index (χ1n) is 5.77. The number of nitrogens with two attached hydrogens (primary N) is 1. The van der Waals surface area contributed by atoms with Crippen LogP contribution in [-0.4, -0.2) is 73.1 Å². The van der Waals surface area contributed by atoms with Crippen LogP contribution in [-0.2, 0) is 32.4 Å². The summed E-state index contributed by atoms with van der Waals surface area (Å²) in [6.45, 7) is 4.71. The molecule has 0 amide bonds. The molecule has 3 N–H and O–H groups in total. The monoisotopic (exact) mass is 369 g/mol. The van der Waals surface area contributed by atoms with E-state index in [-0.39, 0.29) is 77.5 Å². The molecule has 0 fully saturated rings. The van der Waals surface area contributed by atoms with Crippen molar-refractivity contribution >= 4 is 68.5 Å². The first-order chi connectivity index (χ1) is 8.61. The van der Waals surface area contributed by atoms with E-state index in [0.717, 1.165) is 11.3 Å². The van der Waals surface area contributed by atoms with E-state index < -0.39 is 0 Å². The van der Waals surface area contributed by atoms with E-state index in [0.29, 0.717) is 24.6 Å². The van der Waals surface area contributed by atoms with Crippen LogP contribution in [0, 0.1) is 13.8 Å². The Labute approximate surface area is 178 Å². The number of aliphatic hydroxyl groups excluding tert-OH is 1. The summed E-state index contributed by atoms with van der Waals surface area (Å²) in [4.78, 5) is 9.53. The summed E-state index contributed by atoms with van der Waals surface area (Å²) in [5.41, 5.74) is 10.0. The van der Waals surface area contributed by atoms with Crippen LogP contribution in [0.1, 0.15) is 22.0 Å². The van der Waals surface area contributed by atoms with Crippen molar-refractivity contribution in [3.63, 3.8) is 0 Å². The van der Waals surface area contributed by atoms with Gasteiger partial charge in [0.15, 0.2) is 12.2 Å². The van der Waals surface area contributed by atoms with Crippen LogP contribution in [0.15, 0.2) is 11.7 Å². The van der Waals surface area contributed by atoms with Crippen LogP contribution >= 0.6 is 11.3 Å². The van der Waals surface area contributed by atoms with E-state index in [4.69, 9.17) is 10.8 Å². The van der Waals surface area contributed by atoms with Gasteiger partial charge in [-0.2, -0.15) is 4.57 Å². The number of anilines is 1. The number of nitrogens with zero attached hydrogens (tertiary/aromatic N) is 3. The van der Waals surface area contributed by atoms with E-state index in [2.05, 4.69) is 14.5 Å². The fraction of sp³-hybridized carbons (Fsp3) is 0.417. The van der Waals surface area contributed by atoms with Crippen molar-refractivity contribution < 1.29 is 29.2 Å². The molecule has 0 spiro atoms. The molecule has 2 rings (SSSR count). The zero-order chi connectivity index (χ0) is 13.1. The van der Waals surface area contributed by atoms with E-state index in [1.54, 1.807) is 17.5 Å². The molecule has 0 aliphatic carbocycles. The quantitative estimate of drug-likeness (QED) is 0.585. The smallest absolute Gasteiger partial charge is 0 e. The Hall–Kier alpha value is 0.730. The molecule has 0 aliphatic rings. The third kappa shape index (κ3) is 5.18. The fourth-order valence-electron chi connectivity index (χ4n) is 1.77. The van der Waals surface area contributed by atoms with E-state index in [9.17, 15) is 0 Å². The summed E-state index contributed by atoms with van der Waals surface area (Å²) < 4.78 is 2.11. The number of hydrogen-bond acceptors (Lipinski definition) is 5. The van der Waals surface area contributed by atoms with E-state index in [1.165, 1.54) is 4.88 Å². The second-order valence-electron chi connectivity index (χ2n) is 4.16. The summed E-state index contributed by atoms with van der Waals surface area (Å²) in [7, 11) is 0. The maximum Gasteiger partial charge on any atom is 0 e. The standard InChI is InChI=1S/C12H17N4OS.K.Zn.H/c1-8-11(3-4-17)18-7-16(8)6-10-5-14-9(2)15-12(10)13;;;/h5,7,17H,3-4,6H2,1-2H3,(H2,13,14,15);;;/q+1;;;. The molecule has 0 unspecified atom stereocenters. The molecule has 0 aliphatic heterocycles. The summed E-state index contributed by atoms with van der Waals surface area (Å²) in [6, 6.07) is 0. The largest absolute Gasteiger partial charge is 0 e. The molecule has 5 nitrogen and oxygen atoms in total. The second-order valence-corrected chi connectivity index (χ2v) is 5.10. The minimum absolute atomic E-state index is 0. The van der Waals surface area contributed by atoms with Gasteiger partial charge in [-0.25, -0.2) is 9.97 Å². The van der Waals surface area contributed by atoms with Crippen molar-refractivity contribution in [1.29, 1.82) is 0 Å². The number of aromatic nitrogens is 3. The van der Waals surface area contributed by atoms with Gasteiger partial charge in [0.25, 0.3) is 0 Å². The van der Waals surface area contributed by atoms with Gasteiger partial charge in [-0.05, 0) is 6.92 Å². The van der Waals surface area contributed by atoms with Crippen molar-refractivity contribution in [2.75, 3.05) is 12.3 Å². The molecular weight excluding hydrogens is 353 g/mol. The Bertz CT molecular complexity index is 564. The zero-order valence-electron chi connectivity index (χ0n) is 11.3. The first-order valence-corrected chi connectivity index (χ1v) is 6.65. The third-order valence-corrected chi connectivity index (χ3v) is 4.00. The molecule has 0 saturated carbocycles. The maximum absolute atomic E-state index is 8.98. The van der Waals surface area contributed by atoms with Gasteiger partial charge < -0.3 is 10.8 Å². The van der Waals surface area contributed by atoms with Crippen molar-refractivity contribution in [2.24, 2.45) is 0 Å². The normalized spacial score (nSPS) is 9.75. The SMILES string of the molecule is Cc1ncc(C[n+]2csc(CCO)c2C)c(N)n1.[KH].[Zn]. The molecular formula is C12H18KN4OSZn+. The topological polar surface area (TPSA) is 75.9 Å². The van der Waals surface area contributed by atoms with Crippen LogP contribution in [0.4, 0.5) is 5.82 Å². The molecule has 2 aromatic heterocycles. The number of thiazole rings is 1. The average molecular weight is 371 g/mol. The molecule has 0 aromatic carbocycles. The summed E-state index contributed by atoms with van der Waals surface area (Å²) in [5, 5.41) is 8.98. The third-order valence-electron chi connectivity index (χ3n) is 2.85. The zero-order valence-corrected chi connectivity index (χ0v) is 15.0. The van der Waals surface area contributed by atoms with Gasteiger partial charge in [-0.1, -0.05) is 11.3 Å². The molecule has 20 heavy (non-hydrogen) atoms. The Morgan fingerprint density at radius 3 is 2.70 bits per heavy atom. The fourth-order valence-corrected chi connectivity index (χ4v) is 2.75. The van der Waals surface area contributed by atoms with Gasteiger partial charge >= 0.3 is 51.4 Å². The summed E-state index contributed by atoms with van der Waals surface area (Å²) in [6.07, 6.45) is 2.47. The Balaban J connectivity index is 0.00000180. The number of aryl methyl sites for hydroxylation is 1. The minimum atomic E-state index is 0. The van der Waals surface area contributed by atoms with E-state index >= 15 is 0 Å². The predicted octanol–water partition coefficient (Wildman–Crippen LogP) is -0.0433. The maximum atomic E-state index is 8.98. The molecule has 0 bridgehead atoms. The van der Waals surface area contributed by atoms with Crippen LogP contribution in [0.3, 0.4) is 0 Å². The van der Waals surface area contributed by atoms with Crippen LogP contribution in [0.5, 0.6) is 0 Å². The van der Waals surface area contributed by atoms with Gasteiger partial charge in [0.05, 0.1) is 10.4 Å². The van der Waals surface area contributed by atoms with Gasteiger partial charge in [0.1, 0.15) is 11.6 Å². The Morgan fingerprint density at radius 1 is 1.40 bits per heavy atom. The molecule has 100 valence electrons. The van der Waals surface area contributed by atoms with Gasteiger partial charge in [-0.15, -0.1) is 0 Å². The first kappa shape index (κ1) is 20.7. The molecule has 0 saturated heterocycles. The van der Waals surface area contributed by atoms with Gasteiger partial charge in [0, 0.05) is 45.6 Å². The Morgan fingerprint density at radius 2 is 2.10 bits per heavy atom. The number of nitrogen functional groups attached to an aromatic ring is 1. The molecule has 2 aromatic rings. The summed E-state index contributed by atoms with van der Waals surface area (Å²) in [5.74, 6) is 1.22.